The van der Waals surface area contributed by atoms with Gasteiger partial charge in [0.1, 0.15) is 0 Å². The van der Waals surface area contributed by atoms with Crippen LogP contribution in [0.25, 0.3) is 0 Å². The van der Waals surface area contributed by atoms with Gasteiger partial charge in [-0.15, -0.1) is 0 Å². The molecule has 0 bridgehead atoms. The van der Waals surface area contributed by atoms with Crippen LogP contribution in [-0.2, 0) is 11.3 Å². The van der Waals surface area contributed by atoms with Gasteiger partial charge in [-0.1, -0.05) is 35.0 Å². The fourth-order valence-electron chi connectivity index (χ4n) is 2.87. The first-order chi connectivity index (χ1) is 9.69. The number of nitrogens with zero attached hydrogens (tertiary/aromatic N) is 1. The van der Waals surface area contributed by atoms with Crippen molar-refractivity contribution in [3.63, 3.8) is 0 Å². The molecule has 20 heavy (non-hydrogen) atoms. The van der Waals surface area contributed by atoms with E-state index in [0.717, 1.165) is 43.7 Å². The van der Waals surface area contributed by atoms with Crippen molar-refractivity contribution < 1.29 is 4.74 Å². The molecular formula is C16H25BrN2O. The summed E-state index contributed by atoms with van der Waals surface area (Å²) in [5, 5.41) is 3.60. The fraction of sp³-hybridized carbons (Fsp3) is 0.625. The second kappa shape index (κ2) is 8.13. The lowest BCUT2D eigenvalue weighted by atomic mass is 9.95. The number of ether oxygens (including phenoxy) is 1. The van der Waals surface area contributed by atoms with Crippen LogP contribution in [0.3, 0.4) is 0 Å². The molecule has 0 radical (unpaired) electrons. The molecule has 1 aliphatic rings. The molecule has 1 saturated heterocycles. The van der Waals surface area contributed by atoms with E-state index < -0.39 is 0 Å². The van der Waals surface area contributed by atoms with E-state index in [0.29, 0.717) is 12.0 Å². The summed E-state index contributed by atoms with van der Waals surface area (Å²) in [5.41, 5.74) is 1.35. The Balaban J connectivity index is 1.85. The maximum Gasteiger partial charge on any atom is 0.0521 e. The van der Waals surface area contributed by atoms with Gasteiger partial charge in [0.2, 0.25) is 0 Å². The maximum atomic E-state index is 5.65. The molecule has 2 rings (SSSR count). The largest absolute Gasteiger partial charge is 0.381 e. The van der Waals surface area contributed by atoms with E-state index in [1.807, 2.05) is 0 Å². The molecule has 3 nitrogen and oxygen atoms in total. The Morgan fingerprint density at radius 1 is 1.35 bits per heavy atom. The number of halogens is 1. The number of nitrogens with one attached hydrogen (secondary N) is 1. The van der Waals surface area contributed by atoms with Crippen molar-refractivity contribution in [1.29, 1.82) is 0 Å². The first-order valence-electron chi connectivity index (χ1n) is 7.43. The Labute approximate surface area is 130 Å². The van der Waals surface area contributed by atoms with Crippen molar-refractivity contribution >= 4 is 15.9 Å². The Morgan fingerprint density at radius 2 is 2.10 bits per heavy atom. The Bertz CT molecular complexity index is 394. The summed E-state index contributed by atoms with van der Waals surface area (Å²) < 4.78 is 6.79. The molecule has 1 aromatic carbocycles. The zero-order valence-electron chi connectivity index (χ0n) is 12.4. The third-order valence-corrected chi connectivity index (χ3v) is 4.38. The second-order valence-electron chi connectivity index (χ2n) is 5.61. The van der Waals surface area contributed by atoms with Crippen LogP contribution in [0.15, 0.2) is 28.7 Å². The van der Waals surface area contributed by atoms with E-state index in [1.165, 1.54) is 5.56 Å². The summed E-state index contributed by atoms with van der Waals surface area (Å²) in [7, 11) is 2.19. The first kappa shape index (κ1) is 16.0. The topological polar surface area (TPSA) is 24.5 Å². The standard InChI is InChI=1S/C16H25BrN2O/c1-3-18-16-8-9-20-12-14(16)11-19(2)10-13-4-6-15(17)7-5-13/h4-7,14,16,18H,3,8-12H2,1-2H3. The summed E-state index contributed by atoms with van der Waals surface area (Å²) in [6.07, 6.45) is 1.13. The molecule has 2 unspecified atom stereocenters. The zero-order valence-corrected chi connectivity index (χ0v) is 14.0. The van der Waals surface area contributed by atoms with Crippen LogP contribution in [0.5, 0.6) is 0 Å². The molecule has 4 heteroatoms. The van der Waals surface area contributed by atoms with Gasteiger partial charge in [0.25, 0.3) is 0 Å². The highest BCUT2D eigenvalue weighted by Gasteiger charge is 2.25. The number of rotatable bonds is 6. The molecule has 0 aromatic heterocycles. The van der Waals surface area contributed by atoms with E-state index >= 15 is 0 Å². The Hall–Kier alpha value is -0.420. The summed E-state index contributed by atoms with van der Waals surface area (Å²) in [4.78, 5) is 2.40. The van der Waals surface area contributed by atoms with Crippen molar-refractivity contribution in [3.05, 3.63) is 34.3 Å². The van der Waals surface area contributed by atoms with Crippen molar-refractivity contribution in [2.75, 3.05) is 33.4 Å². The van der Waals surface area contributed by atoms with Crippen molar-refractivity contribution in [1.82, 2.24) is 10.2 Å². The number of hydrogen-bond acceptors (Lipinski definition) is 3. The predicted octanol–water partition coefficient (Wildman–Crippen LogP) is 2.90. The lowest BCUT2D eigenvalue weighted by Gasteiger charge is -2.34. The van der Waals surface area contributed by atoms with Gasteiger partial charge in [-0.05, 0) is 37.7 Å². The minimum Gasteiger partial charge on any atom is -0.381 e. The maximum absolute atomic E-state index is 5.65. The second-order valence-corrected chi connectivity index (χ2v) is 6.53. The third-order valence-electron chi connectivity index (χ3n) is 3.85. The molecule has 1 fully saturated rings. The third kappa shape index (κ3) is 4.85. The van der Waals surface area contributed by atoms with Crippen LogP contribution in [0.1, 0.15) is 18.9 Å². The van der Waals surface area contributed by atoms with Gasteiger partial charge in [0, 0.05) is 36.1 Å². The van der Waals surface area contributed by atoms with Crippen LogP contribution in [-0.4, -0.2) is 44.3 Å². The molecule has 1 aromatic rings. The molecule has 1 N–H and O–H groups in total. The highest BCUT2D eigenvalue weighted by atomic mass is 79.9. The monoisotopic (exact) mass is 340 g/mol. The molecule has 2 atom stereocenters. The lowest BCUT2D eigenvalue weighted by molar-refractivity contribution is 0.0193. The van der Waals surface area contributed by atoms with E-state index in [-0.39, 0.29) is 0 Å². The molecule has 0 aliphatic carbocycles. The van der Waals surface area contributed by atoms with E-state index in [9.17, 15) is 0 Å². The summed E-state index contributed by atoms with van der Waals surface area (Å²) in [6.45, 7) is 7.05. The first-order valence-corrected chi connectivity index (χ1v) is 8.22. The molecule has 0 saturated carbocycles. The summed E-state index contributed by atoms with van der Waals surface area (Å²) in [6, 6.07) is 9.17. The highest BCUT2D eigenvalue weighted by molar-refractivity contribution is 9.10. The minimum absolute atomic E-state index is 0.587. The van der Waals surface area contributed by atoms with Crippen LogP contribution in [0.2, 0.25) is 0 Å². The smallest absolute Gasteiger partial charge is 0.0521 e. The van der Waals surface area contributed by atoms with Crippen molar-refractivity contribution in [2.45, 2.75) is 25.9 Å². The van der Waals surface area contributed by atoms with E-state index in [4.69, 9.17) is 4.74 Å². The average Bonchev–Trinajstić information content (AvgIpc) is 2.44. The molecule has 112 valence electrons. The molecular weight excluding hydrogens is 316 g/mol. The average molecular weight is 341 g/mol. The van der Waals surface area contributed by atoms with Crippen LogP contribution >= 0.6 is 15.9 Å². The van der Waals surface area contributed by atoms with Gasteiger partial charge in [-0.2, -0.15) is 0 Å². The number of benzene rings is 1. The highest BCUT2D eigenvalue weighted by Crippen LogP contribution is 2.17. The van der Waals surface area contributed by atoms with Crippen LogP contribution in [0, 0.1) is 5.92 Å². The quantitative estimate of drug-likeness (QED) is 0.861. The van der Waals surface area contributed by atoms with Gasteiger partial charge in [0.05, 0.1) is 6.61 Å². The minimum atomic E-state index is 0.587. The number of hydrogen-bond donors (Lipinski definition) is 1. The summed E-state index contributed by atoms with van der Waals surface area (Å²) >= 11 is 3.48. The molecule has 0 amide bonds. The van der Waals surface area contributed by atoms with Crippen molar-refractivity contribution in [3.8, 4) is 0 Å². The van der Waals surface area contributed by atoms with Gasteiger partial charge in [0.15, 0.2) is 0 Å². The van der Waals surface area contributed by atoms with E-state index in [2.05, 4.69) is 64.4 Å². The SMILES string of the molecule is CCNC1CCOCC1CN(C)Cc1ccc(Br)cc1. The molecule has 1 aliphatic heterocycles. The van der Waals surface area contributed by atoms with Gasteiger partial charge >= 0.3 is 0 Å². The van der Waals surface area contributed by atoms with Crippen LogP contribution in [0.4, 0.5) is 0 Å². The molecule has 0 spiro atoms. The summed E-state index contributed by atoms with van der Waals surface area (Å²) in [5.74, 6) is 0.587. The Kier molecular flexibility index (Phi) is 6.49. The lowest BCUT2D eigenvalue weighted by Crippen LogP contribution is -2.47. The Morgan fingerprint density at radius 3 is 2.80 bits per heavy atom. The van der Waals surface area contributed by atoms with Gasteiger partial charge < -0.3 is 15.0 Å². The normalized spacial score (nSPS) is 23.2. The molecule has 1 heterocycles. The van der Waals surface area contributed by atoms with Crippen molar-refractivity contribution in [2.24, 2.45) is 5.92 Å². The predicted molar refractivity (Wildman–Crippen MR) is 86.9 cm³/mol. The van der Waals surface area contributed by atoms with E-state index in [1.54, 1.807) is 0 Å². The van der Waals surface area contributed by atoms with Gasteiger partial charge in [-0.25, -0.2) is 0 Å². The zero-order chi connectivity index (χ0) is 14.4. The fourth-order valence-corrected chi connectivity index (χ4v) is 3.14. The van der Waals surface area contributed by atoms with Gasteiger partial charge in [-0.3, -0.25) is 0 Å². The van der Waals surface area contributed by atoms with Crippen LogP contribution < -0.4 is 5.32 Å².